The van der Waals surface area contributed by atoms with Crippen LogP contribution in [0.4, 0.5) is 0 Å². The molecule has 0 atom stereocenters. The molecule has 2 nitrogen and oxygen atoms in total. The number of aliphatic hydroxyl groups is 2. The molecule has 3 rings (SSSR count). The van der Waals surface area contributed by atoms with Crippen molar-refractivity contribution in [2.45, 2.75) is 19.3 Å². The molecule has 0 saturated carbocycles. The standard InChI is InChI=1S/C16H16OS.C7H6OS/c1-16(2,12-8-4-3-5-9-12)14-11-7-6-10-13(14)15(17)18;8-7(9)6-4-2-1-3-5-6/h3-11H,1-2H3,(H,17,18);1-5H,(H,8,9). The lowest BCUT2D eigenvalue weighted by Gasteiger charge is -2.28. The van der Waals surface area contributed by atoms with E-state index >= 15 is 0 Å². The Bertz CT molecular complexity index is 904. The quantitative estimate of drug-likeness (QED) is 0.520. The van der Waals surface area contributed by atoms with E-state index in [-0.39, 0.29) is 15.5 Å². The zero-order valence-corrected chi connectivity index (χ0v) is 16.9. The van der Waals surface area contributed by atoms with Crippen LogP contribution in [0.5, 0.6) is 0 Å². The molecular weight excluding hydrogens is 372 g/mol. The van der Waals surface area contributed by atoms with Crippen LogP contribution in [0.15, 0.2) is 84.9 Å². The molecule has 0 unspecified atom stereocenters. The summed E-state index contributed by atoms with van der Waals surface area (Å²) in [5, 5.41) is 18.3. The summed E-state index contributed by atoms with van der Waals surface area (Å²) < 4.78 is 0. The normalized spacial score (nSPS) is 10.4. The molecule has 0 amide bonds. The van der Waals surface area contributed by atoms with Crippen LogP contribution >= 0.6 is 24.4 Å². The zero-order valence-electron chi connectivity index (χ0n) is 15.3. The minimum absolute atomic E-state index is 0.0457. The molecule has 0 aliphatic carbocycles. The highest BCUT2D eigenvalue weighted by molar-refractivity contribution is 7.80. The molecule has 0 aromatic heterocycles. The minimum Gasteiger partial charge on any atom is -0.499 e. The first kappa shape index (κ1) is 20.7. The van der Waals surface area contributed by atoms with E-state index in [1.807, 2.05) is 60.7 Å². The van der Waals surface area contributed by atoms with E-state index < -0.39 is 0 Å². The maximum atomic E-state index is 9.65. The molecule has 0 spiro atoms. The number of thiocarbonyl (C=S) groups is 2. The van der Waals surface area contributed by atoms with Crippen molar-refractivity contribution in [1.29, 1.82) is 0 Å². The van der Waals surface area contributed by atoms with E-state index in [0.717, 1.165) is 11.1 Å². The molecule has 0 aliphatic heterocycles. The maximum Gasteiger partial charge on any atom is 0.188 e. The van der Waals surface area contributed by atoms with Crippen molar-refractivity contribution in [1.82, 2.24) is 0 Å². The second kappa shape index (κ2) is 9.40. The van der Waals surface area contributed by atoms with Gasteiger partial charge in [-0.15, -0.1) is 0 Å². The van der Waals surface area contributed by atoms with Crippen molar-refractivity contribution in [3.8, 4) is 0 Å². The van der Waals surface area contributed by atoms with Crippen LogP contribution in [-0.4, -0.2) is 20.3 Å². The topological polar surface area (TPSA) is 40.5 Å². The summed E-state index contributed by atoms with van der Waals surface area (Å²) in [6.45, 7) is 4.28. The van der Waals surface area contributed by atoms with Gasteiger partial charge in [0.15, 0.2) is 10.1 Å². The van der Waals surface area contributed by atoms with Gasteiger partial charge in [-0.1, -0.05) is 98.8 Å². The highest BCUT2D eigenvalue weighted by atomic mass is 32.1. The highest BCUT2D eigenvalue weighted by Crippen LogP contribution is 2.33. The minimum atomic E-state index is -0.190. The van der Waals surface area contributed by atoms with Crippen molar-refractivity contribution in [3.63, 3.8) is 0 Å². The third-order valence-corrected chi connectivity index (χ3v) is 4.80. The van der Waals surface area contributed by atoms with E-state index in [4.69, 9.17) is 17.3 Å². The summed E-state index contributed by atoms with van der Waals surface area (Å²) in [6, 6.07) is 27.1. The molecule has 0 heterocycles. The Morgan fingerprint density at radius 3 is 1.63 bits per heavy atom. The Labute approximate surface area is 171 Å². The van der Waals surface area contributed by atoms with Gasteiger partial charge in [-0.25, -0.2) is 0 Å². The predicted octanol–water partition coefficient (Wildman–Crippen LogP) is 6.17. The van der Waals surface area contributed by atoms with Gasteiger partial charge >= 0.3 is 0 Å². The summed E-state index contributed by atoms with van der Waals surface area (Å²) in [6.07, 6.45) is 0. The van der Waals surface area contributed by atoms with E-state index in [1.54, 1.807) is 12.1 Å². The van der Waals surface area contributed by atoms with Gasteiger partial charge in [0.25, 0.3) is 0 Å². The van der Waals surface area contributed by atoms with Gasteiger partial charge in [0.05, 0.1) is 0 Å². The van der Waals surface area contributed by atoms with Crippen molar-refractivity contribution < 1.29 is 10.2 Å². The molecule has 0 saturated heterocycles. The molecule has 0 bridgehead atoms. The second-order valence-corrected chi connectivity index (χ2v) is 7.29. The summed E-state index contributed by atoms with van der Waals surface area (Å²) in [5.41, 5.74) is 3.50. The van der Waals surface area contributed by atoms with Gasteiger partial charge in [-0.3, -0.25) is 0 Å². The smallest absolute Gasteiger partial charge is 0.188 e. The Balaban J connectivity index is 0.000000244. The van der Waals surface area contributed by atoms with Crippen LogP contribution in [0.25, 0.3) is 0 Å². The van der Waals surface area contributed by atoms with E-state index in [0.29, 0.717) is 5.56 Å². The largest absolute Gasteiger partial charge is 0.499 e. The van der Waals surface area contributed by atoms with Crippen LogP contribution < -0.4 is 0 Å². The fourth-order valence-electron chi connectivity index (χ4n) is 2.81. The monoisotopic (exact) mass is 394 g/mol. The fraction of sp³-hybridized carbons (Fsp3) is 0.130. The molecule has 3 aromatic carbocycles. The molecule has 4 heteroatoms. The maximum absolute atomic E-state index is 9.65. The lowest BCUT2D eigenvalue weighted by atomic mass is 9.76. The summed E-state index contributed by atoms with van der Waals surface area (Å²) in [7, 11) is 0. The number of hydrogen-bond acceptors (Lipinski definition) is 2. The Kier molecular flexibility index (Phi) is 7.22. The van der Waals surface area contributed by atoms with Crippen molar-refractivity contribution in [3.05, 3.63) is 107 Å². The van der Waals surface area contributed by atoms with Crippen LogP contribution in [0.1, 0.15) is 36.1 Å². The third-order valence-electron chi connectivity index (χ3n) is 4.35. The van der Waals surface area contributed by atoms with Gasteiger partial charge < -0.3 is 10.2 Å². The number of hydrogen-bond donors (Lipinski definition) is 2. The average molecular weight is 395 g/mol. The Morgan fingerprint density at radius 1 is 0.667 bits per heavy atom. The number of rotatable bonds is 4. The lowest BCUT2D eigenvalue weighted by Crippen LogP contribution is -2.22. The molecule has 0 radical (unpaired) electrons. The summed E-state index contributed by atoms with van der Waals surface area (Å²) in [5.74, 6) is 0. The molecule has 2 N–H and O–H groups in total. The summed E-state index contributed by atoms with van der Waals surface area (Å²) >= 11 is 9.44. The van der Waals surface area contributed by atoms with Gasteiger partial charge in [-0.05, 0) is 35.6 Å². The van der Waals surface area contributed by atoms with Gasteiger partial charge in [-0.2, -0.15) is 0 Å². The first-order valence-electron chi connectivity index (χ1n) is 8.50. The molecule has 138 valence electrons. The lowest BCUT2D eigenvalue weighted by molar-refractivity contribution is 0.564. The molecule has 0 fully saturated rings. The average Bonchev–Trinajstić information content (AvgIpc) is 2.70. The number of benzene rings is 3. The van der Waals surface area contributed by atoms with Crippen LogP contribution in [0.3, 0.4) is 0 Å². The van der Waals surface area contributed by atoms with Gasteiger partial charge in [0.1, 0.15) is 0 Å². The zero-order chi connectivity index (χ0) is 19.9. The van der Waals surface area contributed by atoms with Gasteiger partial charge in [0.2, 0.25) is 0 Å². The molecular formula is C23H22O2S2. The predicted molar refractivity (Wildman–Crippen MR) is 120 cm³/mol. The second-order valence-electron chi connectivity index (χ2n) is 6.51. The molecule has 27 heavy (non-hydrogen) atoms. The van der Waals surface area contributed by atoms with E-state index in [2.05, 4.69) is 38.2 Å². The van der Waals surface area contributed by atoms with Crippen molar-refractivity contribution >= 4 is 34.5 Å². The molecule has 3 aromatic rings. The number of aliphatic hydroxyl groups excluding tert-OH is 2. The van der Waals surface area contributed by atoms with Crippen LogP contribution in [0, 0.1) is 0 Å². The van der Waals surface area contributed by atoms with Crippen molar-refractivity contribution in [2.75, 3.05) is 0 Å². The SMILES string of the molecule is CC(C)(c1ccccc1)c1ccccc1C(O)=S.OC(=S)c1ccccc1. The van der Waals surface area contributed by atoms with Crippen molar-refractivity contribution in [2.24, 2.45) is 0 Å². The fourth-order valence-corrected chi connectivity index (χ4v) is 3.12. The van der Waals surface area contributed by atoms with E-state index in [9.17, 15) is 5.11 Å². The molecule has 0 aliphatic rings. The third kappa shape index (κ3) is 5.46. The van der Waals surface area contributed by atoms with E-state index in [1.165, 1.54) is 5.56 Å². The first-order valence-corrected chi connectivity index (χ1v) is 9.32. The van der Waals surface area contributed by atoms with Gasteiger partial charge in [0, 0.05) is 16.5 Å². The first-order chi connectivity index (χ1) is 12.8. The Morgan fingerprint density at radius 2 is 1.15 bits per heavy atom. The van der Waals surface area contributed by atoms with Crippen LogP contribution in [0.2, 0.25) is 0 Å². The van der Waals surface area contributed by atoms with Crippen LogP contribution in [-0.2, 0) is 5.41 Å². The highest BCUT2D eigenvalue weighted by Gasteiger charge is 2.26. The Hall–Kier alpha value is -2.56. The summed E-state index contributed by atoms with van der Waals surface area (Å²) in [4.78, 5) is 0.